The molecule has 5 nitrogen and oxygen atoms in total. The van der Waals surface area contributed by atoms with Crippen LogP contribution in [-0.4, -0.2) is 21.0 Å². The van der Waals surface area contributed by atoms with Gasteiger partial charge in [-0.15, -0.1) is 0 Å². The summed E-state index contributed by atoms with van der Waals surface area (Å²) < 4.78 is 229. The van der Waals surface area contributed by atoms with Gasteiger partial charge in [-0.25, -0.2) is 53.7 Å². The van der Waals surface area contributed by atoms with Crippen molar-refractivity contribution in [3.05, 3.63) is 75.2 Å². The van der Waals surface area contributed by atoms with Gasteiger partial charge in [-0.05, 0) is 5.34 Å². The van der Waals surface area contributed by atoms with E-state index in [0.29, 0.717) is 0 Å². The fraction of sp³-hybridized carbons (Fsp3) is 0.0455. The normalized spacial score (nSPS) is 11.9. The second kappa shape index (κ2) is 10.2. The molecule has 0 saturated carbocycles. The Balaban J connectivity index is 2.46. The summed E-state index contributed by atoms with van der Waals surface area (Å²) in [4.78, 5) is 16.6. The second-order valence-electron chi connectivity index (χ2n) is 7.96. The van der Waals surface area contributed by atoms with Crippen molar-refractivity contribution in [2.45, 2.75) is 6.18 Å². The first-order valence-corrected chi connectivity index (χ1v) is 10.3. The summed E-state index contributed by atoms with van der Waals surface area (Å²) in [6.45, 7) is 0. The smallest absolute Gasteiger partial charge is 0.419 e. The highest BCUT2D eigenvalue weighted by Crippen LogP contribution is 2.51. The summed E-state index contributed by atoms with van der Waals surface area (Å²) in [5, 5.41) is 4.99. The summed E-state index contributed by atoms with van der Waals surface area (Å²) >= 11 is 0. The first-order chi connectivity index (χ1) is 19.7. The molecule has 0 fully saturated rings. The number of alkyl halides is 3. The van der Waals surface area contributed by atoms with Crippen molar-refractivity contribution < 1.29 is 80.3 Å². The van der Waals surface area contributed by atoms with Crippen molar-refractivity contribution in [2.75, 3.05) is 5.34 Å². The third-order valence-electron chi connectivity index (χ3n) is 5.65. The lowest BCUT2D eigenvalue weighted by Crippen LogP contribution is -2.20. The number of benzene rings is 3. The molecule has 4 rings (SSSR count). The van der Waals surface area contributed by atoms with Crippen LogP contribution in [0.3, 0.4) is 0 Å². The van der Waals surface area contributed by atoms with Crippen LogP contribution < -0.4 is 5.34 Å². The zero-order chi connectivity index (χ0) is 32.6. The Morgan fingerprint density at radius 2 is 1.05 bits per heavy atom. The maximum atomic E-state index is 15.6. The van der Waals surface area contributed by atoms with E-state index in [4.69, 9.17) is 0 Å². The van der Waals surface area contributed by atoms with E-state index in [1.165, 1.54) is 0 Å². The van der Waals surface area contributed by atoms with E-state index in [2.05, 4.69) is 9.97 Å². The Kier molecular flexibility index (Phi) is 7.34. The number of carbonyl (C=O) groups is 1. The fourth-order valence-corrected chi connectivity index (χ4v) is 3.99. The van der Waals surface area contributed by atoms with E-state index in [1.807, 2.05) is 0 Å². The minimum absolute atomic E-state index is 2.09. The van der Waals surface area contributed by atoms with Gasteiger partial charge in [-0.2, -0.15) is 22.5 Å². The van der Waals surface area contributed by atoms with Gasteiger partial charge in [0.05, 0.1) is 16.5 Å². The number of rotatable bonds is 4. The molecule has 0 bridgehead atoms. The Morgan fingerprint density at radius 1 is 0.581 bits per heavy atom. The lowest BCUT2D eigenvalue weighted by atomic mass is 9.84. The maximum Gasteiger partial charge on any atom is 0.419 e. The van der Waals surface area contributed by atoms with Gasteiger partial charge in [0.1, 0.15) is 22.5 Å². The van der Waals surface area contributed by atoms with Crippen LogP contribution in [0.1, 0.15) is 15.9 Å². The highest BCUT2D eigenvalue weighted by molar-refractivity contribution is 6.04. The molecule has 0 unspecified atom stereocenters. The predicted molar refractivity (Wildman–Crippen MR) is 107 cm³/mol. The van der Waals surface area contributed by atoms with Gasteiger partial charge in [0, 0.05) is 11.1 Å². The maximum absolute atomic E-state index is 15.6. The van der Waals surface area contributed by atoms with Gasteiger partial charge in [0.15, 0.2) is 46.5 Å². The molecular weight excluding hydrogens is 642 g/mol. The molecule has 3 aromatic carbocycles. The number of anilines is 1. The van der Waals surface area contributed by atoms with Crippen LogP contribution in [0.15, 0.2) is 0 Å². The third-order valence-corrected chi connectivity index (χ3v) is 5.65. The van der Waals surface area contributed by atoms with Gasteiger partial charge in [-0.3, -0.25) is 0 Å². The van der Waals surface area contributed by atoms with Crippen molar-refractivity contribution >= 4 is 22.8 Å². The molecule has 0 spiro atoms. The first kappa shape index (κ1) is 31.1. The van der Waals surface area contributed by atoms with Gasteiger partial charge in [0.2, 0.25) is 11.8 Å². The van der Waals surface area contributed by atoms with Gasteiger partial charge >= 0.3 is 12.1 Å². The molecule has 0 atom stereocenters. The molecule has 0 amide bonds. The zero-order valence-corrected chi connectivity index (χ0v) is 19.2. The fourth-order valence-electron chi connectivity index (χ4n) is 3.99. The van der Waals surface area contributed by atoms with Crippen molar-refractivity contribution in [1.82, 2.24) is 9.97 Å². The minimum atomic E-state index is -6.53. The number of aromatic carboxylic acids is 1. The minimum Gasteiger partial charge on any atom is -0.478 e. The summed E-state index contributed by atoms with van der Waals surface area (Å²) in [6, 6.07) is 0. The van der Waals surface area contributed by atoms with Crippen LogP contribution in [0.2, 0.25) is 0 Å². The standard InChI is InChI=1S/C22HF16N3O2/c23-8-4(11(26)17(32)18-6(8)19(33)40-21(39-18)41(37)38)2-1(3-9(24)14(29)16(31)15(30)10(3)25)5(20(42)43)12(27)13(28)7(2)22(34,35)36/h(H,42,43). The molecule has 1 N–H and O–H groups in total. The summed E-state index contributed by atoms with van der Waals surface area (Å²) in [5.74, 6) is -39.0. The molecule has 0 saturated heterocycles. The van der Waals surface area contributed by atoms with Crippen molar-refractivity contribution in [3.8, 4) is 22.3 Å². The number of halogens is 16. The average molecular weight is 643 g/mol. The van der Waals surface area contributed by atoms with E-state index in [0.717, 1.165) is 0 Å². The lowest BCUT2D eigenvalue weighted by Gasteiger charge is -2.23. The predicted octanol–water partition coefficient (Wildman–Crippen LogP) is 7.79. The number of nitrogens with zero attached hydrogens (tertiary/aromatic N) is 3. The van der Waals surface area contributed by atoms with Crippen molar-refractivity contribution in [2.24, 2.45) is 0 Å². The third kappa shape index (κ3) is 4.49. The van der Waals surface area contributed by atoms with Crippen molar-refractivity contribution in [1.29, 1.82) is 0 Å². The molecule has 1 aromatic heterocycles. The molecule has 0 aliphatic rings. The Bertz CT molecular complexity index is 1860. The van der Waals surface area contributed by atoms with Crippen LogP contribution in [0.25, 0.3) is 33.2 Å². The van der Waals surface area contributed by atoms with E-state index in [-0.39, 0.29) is 0 Å². The molecule has 1 heterocycles. The van der Waals surface area contributed by atoms with Crippen LogP contribution in [0.5, 0.6) is 0 Å². The van der Waals surface area contributed by atoms with E-state index in [1.54, 1.807) is 0 Å². The van der Waals surface area contributed by atoms with E-state index >= 15 is 8.78 Å². The molecule has 4 aromatic rings. The van der Waals surface area contributed by atoms with Crippen molar-refractivity contribution in [3.63, 3.8) is 0 Å². The highest BCUT2D eigenvalue weighted by atomic mass is 19.4. The molecule has 21 heteroatoms. The summed E-state index contributed by atoms with van der Waals surface area (Å²) in [6.07, 6.45) is -6.53. The van der Waals surface area contributed by atoms with Crippen LogP contribution in [-0.2, 0) is 6.18 Å². The number of fused-ring (bicyclic) bond motifs is 1. The Morgan fingerprint density at radius 3 is 1.51 bits per heavy atom. The summed E-state index contributed by atoms with van der Waals surface area (Å²) in [7, 11) is 0. The molecule has 0 aliphatic heterocycles. The van der Waals surface area contributed by atoms with Crippen LogP contribution in [0.4, 0.5) is 76.4 Å². The first-order valence-electron chi connectivity index (χ1n) is 10.3. The average Bonchev–Trinajstić information content (AvgIpc) is 2.90. The van der Waals surface area contributed by atoms with E-state index < -0.39 is 132 Å². The summed E-state index contributed by atoms with van der Waals surface area (Å²) in [5.41, 5.74) is -19.7. The highest BCUT2D eigenvalue weighted by Gasteiger charge is 2.46. The molecule has 228 valence electrons. The number of aromatic nitrogens is 2. The molecule has 43 heavy (non-hydrogen) atoms. The quantitative estimate of drug-likeness (QED) is 0.0810. The van der Waals surface area contributed by atoms with Gasteiger partial charge in [0.25, 0.3) is 5.95 Å². The van der Waals surface area contributed by atoms with Gasteiger partial charge in [-0.1, -0.05) is 8.96 Å². The Labute approximate surface area is 223 Å². The zero-order valence-electron chi connectivity index (χ0n) is 19.2. The topological polar surface area (TPSA) is 66.3 Å². The molecule has 0 radical (unpaired) electrons. The van der Waals surface area contributed by atoms with Gasteiger partial charge < -0.3 is 5.11 Å². The molecular formula is C22HF16N3O2. The van der Waals surface area contributed by atoms with Crippen LogP contribution >= 0.6 is 0 Å². The Hall–Kier alpha value is -4.85. The largest absolute Gasteiger partial charge is 0.478 e. The SMILES string of the molecule is O=C(O)c1c(F)c(F)c(C(F)(F)F)c(-c2c(F)c(F)c3nc(N(F)F)nc(F)c3c2F)c1-c1c(F)c(F)c(F)c(F)c1F. The van der Waals surface area contributed by atoms with Crippen LogP contribution in [0, 0.1) is 64.1 Å². The number of hydrogen-bond acceptors (Lipinski definition) is 4. The number of hydrogen-bond donors (Lipinski definition) is 1. The second-order valence-corrected chi connectivity index (χ2v) is 7.96. The molecule has 0 aliphatic carbocycles. The number of carboxylic acids is 1. The monoisotopic (exact) mass is 643 g/mol. The van der Waals surface area contributed by atoms with E-state index in [9.17, 15) is 71.5 Å². The number of carboxylic acid groups (broad SMARTS) is 1. The lowest BCUT2D eigenvalue weighted by molar-refractivity contribution is -0.139.